The normalized spacial score (nSPS) is 10.6. The van der Waals surface area contributed by atoms with E-state index in [0.717, 1.165) is 11.1 Å². The largest absolute Gasteiger partial charge is 0.352 e. The highest BCUT2D eigenvalue weighted by Crippen LogP contribution is 2.15. The fraction of sp³-hybridized carbons (Fsp3) is 0.190. The highest BCUT2D eigenvalue weighted by molar-refractivity contribution is 5.75. The Bertz CT molecular complexity index is 997. The average molecular weight is 365 g/mol. The molecule has 1 N–H and O–H groups in total. The van der Waals surface area contributed by atoms with Crippen LogP contribution < -0.4 is 10.9 Å². The minimum atomic E-state index is -0.360. The summed E-state index contributed by atoms with van der Waals surface area (Å²) in [4.78, 5) is 24.0. The Balaban J connectivity index is 1.62. The van der Waals surface area contributed by atoms with Crippen molar-refractivity contribution in [3.8, 4) is 11.3 Å². The number of aryl methyl sites for hydroxylation is 2. The van der Waals surface area contributed by atoms with Crippen LogP contribution in [0, 0.1) is 12.7 Å². The van der Waals surface area contributed by atoms with Crippen molar-refractivity contribution in [2.24, 2.45) is 0 Å². The summed E-state index contributed by atoms with van der Waals surface area (Å²) in [5, 5.41) is 7.00. The standard InChI is InChI=1S/C21H20FN3O2/c1-15-6-8-16(9-7-15)19-10-11-21(27)25(24-19)13-12-20(26)23-14-17-4-2-3-5-18(17)22/h2-11H,12-14H2,1H3,(H,23,26). The lowest BCUT2D eigenvalue weighted by atomic mass is 10.1. The number of carbonyl (C=O) groups excluding carboxylic acids is 1. The molecule has 2 aromatic carbocycles. The van der Waals surface area contributed by atoms with Gasteiger partial charge in [-0.25, -0.2) is 9.07 Å². The van der Waals surface area contributed by atoms with Crippen LogP contribution in [0.15, 0.2) is 65.5 Å². The summed E-state index contributed by atoms with van der Waals surface area (Å²) in [7, 11) is 0. The monoisotopic (exact) mass is 365 g/mol. The maximum atomic E-state index is 13.6. The van der Waals surface area contributed by atoms with Gasteiger partial charge in [-0.1, -0.05) is 48.0 Å². The van der Waals surface area contributed by atoms with E-state index in [1.165, 1.54) is 16.8 Å². The van der Waals surface area contributed by atoms with Gasteiger partial charge in [0.25, 0.3) is 5.56 Å². The molecule has 0 saturated carbocycles. The molecule has 0 spiro atoms. The second-order valence-electron chi connectivity index (χ2n) is 6.26. The lowest BCUT2D eigenvalue weighted by Gasteiger charge is -2.09. The van der Waals surface area contributed by atoms with Crippen LogP contribution >= 0.6 is 0 Å². The van der Waals surface area contributed by atoms with E-state index in [4.69, 9.17) is 0 Å². The van der Waals surface area contributed by atoms with Crippen LogP contribution in [-0.2, 0) is 17.9 Å². The zero-order valence-electron chi connectivity index (χ0n) is 15.0. The molecule has 1 amide bonds. The molecule has 0 aliphatic rings. The van der Waals surface area contributed by atoms with E-state index >= 15 is 0 Å². The number of aromatic nitrogens is 2. The molecule has 0 unspecified atom stereocenters. The zero-order valence-corrected chi connectivity index (χ0v) is 15.0. The highest BCUT2D eigenvalue weighted by atomic mass is 19.1. The first-order valence-corrected chi connectivity index (χ1v) is 8.68. The third-order valence-corrected chi connectivity index (χ3v) is 4.20. The van der Waals surface area contributed by atoms with E-state index in [-0.39, 0.29) is 36.8 Å². The molecule has 0 bridgehead atoms. The Morgan fingerprint density at radius 2 is 1.81 bits per heavy atom. The fourth-order valence-electron chi connectivity index (χ4n) is 2.62. The van der Waals surface area contributed by atoms with Crippen LogP contribution in [-0.4, -0.2) is 15.7 Å². The van der Waals surface area contributed by atoms with Gasteiger partial charge in [-0.3, -0.25) is 9.59 Å². The minimum absolute atomic E-state index is 0.0821. The van der Waals surface area contributed by atoms with E-state index in [0.29, 0.717) is 11.3 Å². The lowest BCUT2D eigenvalue weighted by Crippen LogP contribution is -2.28. The lowest BCUT2D eigenvalue weighted by molar-refractivity contribution is -0.121. The number of rotatable bonds is 6. The summed E-state index contributed by atoms with van der Waals surface area (Å²) in [5.74, 6) is -0.630. The van der Waals surface area contributed by atoms with Crippen LogP contribution in [0.25, 0.3) is 11.3 Å². The summed E-state index contributed by atoms with van der Waals surface area (Å²) in [6.45, 7) is 2.26. The Kier molecular flexibility index (Phi) is 5.76. The van der Waals surface area contributed by atoms with Gasteiger partial charge in [0.15, 0.2) is 0 Å². The third-order valence-electron chi connectivity index (χ3n) is 4.20. The van der Waals surface area contributed by atoms with Gasteiger partial charge in [0, 0.05) is 30.2 Å². The van der Waals surface area contributed by atoms with Crippen molar-refractivity contribution in [3.63, 3.8) is 0 Å². The molecular formula is C21H20FN3O2. The molecule has 1 heterocycles. The van der Waals surface area contributed by atoms with E-state index in [1.807, 2.05) is 31.2 Å². The molecule has 0 aliphatic heterocycles. The molecule has 1 aromatic heterocycles. The molecule has 0 radical (unpaired) electrons. The molecule has 0 fully saturated rings. The number of nitrogens with zero attached hydrogens (tertiary/aromatic N) is 2. The maximum Gasteiger partial charge on any atom is 0.266 e. The quantitative estimate of drug-likeness (QED) is 0.730. The van der Waals surface area contributed by atoms with Crippen molar-refractivity contribution < 1.29 is 9.18 Å². The Labute approximate surface area is 156 Å². The van der Waals surface area contributed by atoms with Gasteiger partial charge in [-0.15, -0.1) is 0 Å². The third kappa shape index (κ3) is 4.88. The van der Waals surface area contributed by atoms with Gasteiger partial charge in [-0.2, -0.15) is 5.10 Å². The number of nitrogens with one attached hydrogen (secondary N) is 1. The van der Waals surface area contributed by atoms with Crippen LogP contribution in [0.5, 0.6) is 0 Å². The predicted molar refractivity (Wildman–Crippen MR) is 102 cm³/mol. The molecule has 27 heavy (non-hydrogen) atoms. The second kappa shape index (κ2) is 8.40. The number of halogens is 1. The first-order valence-electron chi connectivity index (χ1n) is 8.68. The molecule has 6 heteroatoms. The Morgan fingerprint density at radius 3 is 2.56 bits per heavy atom. The SMILES string of the molecule is Cc1ccc(-c2ccc(=O)n(CCC(=O)NCc3ccccc3F)n2)cc1. The topological polar surface area (TPSA) is 64.0 Å². The van der Waals surface area contributed by atoms with Gasteiger partial charge < -0.3 is 5.32 Å². The van der Waals surface area contributed by atoms with Gasteiger partial charge in [0.2, 0.25) is 5.91 Å². The minimum Gasteiger partial charge on any atom is -0.352 e. The summed E-state index contributed by atoms with van der Waals surface area (Å²) in [5.41, 5.74) is 2.86. The van der Waals surface area contributed by atoms with Crippen molar-refractivity contribution in [2.45, 2.75) is 26.4 Å². The summed E-state index contributed by atoms with van der Waals surface area (Å²) in [6, 6.07) is 17.2. The van der Waals surface area contributed by atoms with Crippen molar-refractivity contribution in [2.75, 3.05) is 0 Å². The first-order chi connectivity index (χ1) is 13.0. The number of hydrogen-bond donors (Lipinski definition) is 1. The van der Waals surface area contributed by atoms with E-state index in [2.05, 4.69) is 10.4 Å². The van der Waals surface area contributed by atoms with Crippen LogP contribution in [0.2, 0.25) is 0 Å². The van der Waals surface area contributed by atoms with Gasteiger partial charge in [0.1, 0.15) is 5.82 Å². The van der Waals surface area contributed by atoms with E-state index in [1.54, 1.807) is 24.3 Å². The molecule has 3 aromatic rings. The number of amides is 1. The van der Waals surface area contributed by atoms with Gasteiger partial charge >= 0.3 is 0 Å². The van der Waals surface area contributed by atoms with Crippen LogP contribution in [0.4, 0.5) is 4.39 Å². The Morgan fingerprint density at radius 1 is 1.07 bits per heavy atom. The molecule has 138 valence electrons. The molecule has 5 nitrogen and oxygen atoms in total. The summed E-state index contributed by atoms with van der Waals surface area (Å²) in [6.07, 6.45) is 0.0821. The maximum absolute atomic E-state index is 13.6. The van der Waals surface area contributed by atoms with Crippen molar-refractivity contribution in [3.05, 3.63) is 88.0 Å². The zero-order chi connectivity index (χ0) is 19.2. The second-order valence-corrected chi connectivity index (χ2v) is 6.26. The predicted octanol–water partition coefficient (Wildman–Crippen LogP) is 3.06. The smallest absolute Gasteiger partial charge is 0.266 e. The summed E-state index contributed by atoms with van der Waals surface area (Å²) >= 11 is 0. The van der Waals surface area contributed by atoms with Gasteiger partial charge in [-0.05, 0) is 19.1 Å². The van der Waals surface area contributed by atoms with Crippen LogP contribution in [0.3, 0.4) is 0 Å². The van der Waals surface area contributed by atoms with Crippen molar-refractivity contribution >= 4 is 5.91 Å². The molecule has 0 atom stereocenters. The van der Waals surface area contributed by atoms with Crippen molar-refractivity contribution in [1.29, 1.82) is 0 Å². The van der Waals surface area contributed by atoms with E-state index in [9.17, 15) is 14.0 Å². The average Bonchev–Trinajstić information content (AvgIpc) is 2.67. The van der Waals surface area contributed by atoms with Crippen LogP contribution in [0.1, 0.15) is 17.5 Å². The first kappa shape index (κ1) is 18.5. The molecule has 0 saturated heterocycles. The molecule has 0 aliphatic carbocycles. The molecule has 3 rings (SSSR count). The molecular weight excluding hydrogens is 345 g/mol. The summed E-state index contributed by atoms with van der Waals surface area (Å²) < 4.78 is 14.8. The highest BCUT2D eigenvalue weighted by Gasteiger charge is 2.08. The number of carbonyl (C=O) groups is 1. The van der Waals surface area contributed by atoms with E-state index < -0.39 is 0 Å². The Hall–Kier alpha value is -3.28. The van der Waals surface area contributed by atoms with Gasteiger partial charge in [0.05, 0.1) is 12.2 Å². The number of hydrogen-bond acceptors (Lipinski definition) is 3. The fourth-order valence-corrected chi connectivity index (χ4v) is 2.62. The van der Waals surface area contributed by atoms with Crippen molar-refractivity contribution in [1.82, 2.24) is 15.1 Å². The number of benzene rings is 2.